The molecule has 0 bridgehead atoms. The topological polar surface area (TPSA) is 131 Å². The molecule has 0 unspecified atom stereocenters. The summed E-state index contributed by atoms with van der Waals surface area (Å²) in [6.07, 6.45) is 0. The van der Waals surface area contributed by atoms with Gasteiger partial charge in [0, 0.05) is 12.5 Å². The van der Waals surface area contributed by atoms with Crippen molar-refractivity contribution in [2.24, 2.45) is 0 Å². The number of nitrogens with two attached hydrogens (primary N) is 2. The molecular weight excluding hydrogens is 148 g/mol. The van der Waals surface area contributed by atoms with Crippen LogP contribution in [0.4, 0.5) is 17.8 Å². The normalized spacial score (nSPS) is 8.45. The number of aromatic nitrogens is 3. The van der Waals surface area contributed by atoms with E-state index in [0.29, 0.717) is 5.95 Å². The molecule has 0 saturated carbocycles. The van der Waals surface area contributed by atoms with Gasteiger partial charge >= 0.3 is 0 Å². The van der Waals surface area contributed by atoms with Crippen molar-refractivity contribution in [1.29, 1.82) is 0 Å². The predicted octanol–water partition coefficient (Wildman–Crippen LogP) is -1.04. The first-order valence-electron chi connectivity index (χ1n) is 2.67. The van der Waals surface area contributed by atoms with Crippen LogP contribution in [0, 0.1) is 0 Å². The molecule has 1 heterocycles. The van der Waals surface area contributed by atoms with Gasteiger partial charge in [0.15, 0.2) is 0 Å². The van der Waals surface area contributed by atoms with E-state index in [1.54, 1.807) is 7.05 Å². The molecular formula is C4H8N6O. The van der Waals surface area contributed by atoms with Crippen LogP contribution in [0.5, 0.6) is 0 Å². The summed E-state index contributed by atoms with van der Waals surface area (Å²) >= 11 is 0. The average molecular weight is 156 g/mol. The second-order valence-corrected chi connectivity index (χ2v) is 1.63. The van der Waals surface area contributed by atoms with Crippen LogP contribution in [0.15, 0.2) is 0 Å². The van der Waals surface area contributed by atoms with E-state index < -0.39 is 0 Å². The molecule has 0 aromatic carbocycles. The fraction of sp³-hybridized carbons (Fsp3) is 0.250. The Labute approximate surface area is 63.2 Å². The van der Waals surface area contributed by atoms with Crippen LogP contribution < -0.4 is 16.8 Å². The van der Waals surface area contributed by atoms with Gasteiger partial charge in [-0.1, -0.05) is 0 Å². The van der Waals surface area contributed by atoms with Crippen LogP contribution in [0.25, 0.3) is 0 Å². The second-order valence-electron chi connectivity index (χ2n) is 1.63. The van der Waals surface area contributed by atoms with E-state index in [2.05, 4.69) is 20.3 Å². The third kappa shape index (κ3) is 2.22. The zero-order valence-corrected chi connectivity index (χ0v) is 5.90. The van der Waals surface area contributed by atoms with Crippen LogP contribution in [0.1, 0.15) is 0 Å². The summed E-state index contributed by atoms with van der Waals surface area (Å²) in [4.78, 5) is 11.0. The molecule has 7 nitrogen and oxygen atoms in total. The number of nitrogens with one attached hydrogen (secondary N) is 1. The van der Waals surface area contributed by atoms with Crippen molar-refractivity contribution in [1.82, 2.24) is 15.0 Å². The van der Waals surface area contributed by atoms with Gasteiger partial charge in [-0.05, 0) is 0 Å². The van der Waals surface area contributed by atoms with Gasteiger partial charge in [0.05, 0.1) is 0 Å². The molecule has 1 rings (SSSR count). The SMILES string of the molecule is CNc1nc(N)nc(N)n1.[O]. The van der Waals surface area contributed by atoms with Crippen LogP contribution in [0.3, 0.4) is 0 Å². The molecule has 0 spiro atoms. The molecule has 0 aliphatic carbocycles. The third-order valence-electron chi connectivity index (χ3n) is 0.894. The molecule has 1 aromatic heterocycles. The zero-order valence-electron chi connectivity index (χ0n) is 5.90. The summed E-state index contributed by atoms with van der Waals surface area (Å²) in [5.41, 5.74) is 10.5. The lowest BCUT2D eigenvalue weighted by Gasteiger charge is -1.98. The van der Waals surface area contributed by atoms with Gasteiger partial charge in [0.25, 0.3) is 0 Å². The standard InChI is InChI=1S/C4H8N6.O/c1-7-4-9-2(5)8-3(6)10-4;/h1H3,(H5,5,6,7,8,9,10);. The Balaban J connectivity index is 0.000001000. The lowest BCUT2D eigenvalue weighted by atomic mass is 10.8. The Kier molecular flexibility index (Phi) is 3.00. The summed E-state index contributed by atoms with van der Waals surface area (Å²) in [6, 6.07) is 0. The quantitative estimate of drug-likeness (QED) is 0.475. The van der Waals surface area contributed by atoms with Gasteiger partial charge in [-0.25, -0.2) is 0 Å². The van der Waals surface area contributed by atoms with Crippen LogP contribution in [-0.4, -0.2) is 22.0 Å². The summed E-state index contributed by atoms with van der Waals surface area (Å²) in [5.74, 6) is 0.624. The van der Waals surface area contributed by atoms with Crippen molar-refractivity contribution >= 4 is 17.8 Å². The molecule has 0 atom stereocenters. The highest BCUT2D eigenvalue weighted by Crippen LogP contribution is 2.00. The molecule has 0 saturated heterocycles. The first-order chi connectivity index (χ1) is 4.72. The summed E-state index contributed by atoms with van der Waals surface area (Å²) in [6.45, 7) is 0. The molecule has 11 heavy (non-hydrogen) atoms. The number of anilines is 3. The lowest BCUT2D eigenvalue weighted by Crippen LogP contribution is -2.06. The molecule has 60 valence electrons. The lowest BCUT2D eigenvalue weighted by molar-refractivity contribution is 0.686. The van der Waals surface area contributed by atoms with Gasteiger partial charge in [-0.3, -0.25) is 0 Å². The molecule has 5 N–H and O–H groups in total. The molecule has 0 aliphatic heterocycles. The Bertz CT molecular complexity index is 218. The monoisotopic (exact) mass is 156 g/mol. The van der Waals surface area contributed by atoms with Gasteiger partial charge in [0.1, 0.15) is 0 Å². The van der Waals surface area contributed by atoms with Crippen molar-refractivity contribution in [2.75, 3.05) is 23.8 Å². The average Bonchev–Trinajstić information content (AvgIpc) is 1.85. The summed E-state index contributed by atoms with van der Waals surface area (Å²) in [7, 11) is 1.67. The minimum Gasteiger partial charge on any atom is -0.368 e. The van der Waals surface area contributed by atoms with E-state index in [1.165, 1.54) is 0 Å². The minimum atomic E-state index is 0. The van der Waals surface area contributed by atoms with Crippen LogP contribution in [-0.2, 0) is 5.48 Å². The van der Waals surface area contributed by atoms with Crippen molar-refractivity contribution < 1.29 is 5.48 Å². The van der Waals surface area contributed by atoms with E-state index in [-0.39, 0.29) is 17.4 Å². The Morgan fingerprint density at radius 1 is 1.09 bits per heavy atom. The van der Waals surface area contributed by atoms with Crippen molar-refractivity contribution in [3.8, 4) is 0 Å². The van der Waals surface area contributed by atoms with Gasteiger partial charge in [-0.2, -0.15) is 15.0 Å². The third-order valence-corrected chi connectivity index (χ3v) is 0.894. The fourth-order valence-corrected chi connectivity index (χ4v) is 0.521. The van der Waals surface area contributed by atoms with E-state index in [1.807, 2.05) is 0 Å². The van der Waals surface area contributed by atoms with Crippen molar-refractivity contribution in [3.63, 3.8) is 0 Å². The van der Waals surface area contributed by atoms with Crippen LogP contribution in [0.2, 0.25) is 0 Å². The van der Waals surface area contributed by atoms with E-state index in [4.69, 9.17) is 11.5 Å². The number of nitrogen functional groups attached to an aromatic ring is 2. The Morgan fingerprint density at radius 3 is 1.91 bits per heavy atom. The van der Waals surface area contributed by atoms with Crippen molar-refractivity contribution in [3.05, 3.63) is 0 Å². The summed E-state index contributed by atoms with van der Waals surface area (Å²) in [5, 5.41) is 2.69. The molecule has 1 aromatic rings. The van der Waals surface area contributed by atoms with Gasteiger partial charge < -0.3 is 16.8 Å². The number of nitrogens with zero attached hydrogens (tertiary/aromatic N) is 3. The van der Waals surface area contributed by atoms with E-state index in [0.717, 1.165) is 0 Å². The maximum absolute atomic E-state index is 5.25. The molecule has 7 heteroatoms. The van der Waals surface area contributed by atoms with Crippen LogP contribution >= 0.6 is 0 Å². The first-order valence-corrected chi connectivity index (χ1v) is 2.67. The van der Waals surface area contributed by atoms with E-state index >= 15 is 0 Å². The first kappa shape index (κ1) is 9.37. The second kappa shape index (κ2) is 3.52. The van der Waals surface area contributed by atoms with E-state index in [9.17, 15) is 0 Å². The van der Waals surface area contributed by atoms with Gasteiger partial charge in [-0.15, -0.1) is 0 Å². The smallest absolute Gasteiger partial charge is 0.229 e. The van der Waals surface area contributed by atoms with Gasteiger partial charge in [0.2, 0.25) is 17.8 Å². The maximum atomic E-state index is 5.25. The van der Waals surface area contributed by atoms with Crippen molar-refractivity contribution in [2.45, 2.75) is 0 Å². The molecule has 0 aliphatic rings. The molecule has 2 radical (unpaired) electrons. The highest BCUT2D eigenvalue weighted by molar-refractivity contribution is 5.36. The number of hydrogen-bond donors (Lipinski definition) is 3. The summed E-state index contributed by atoms with van der Waals surface area (Å²) < 4.78 is 0. The maximum Gasteiger partial charge on any atom is 0.229 e. The predicted molar refractivity (Wildman–Crippen MR) is 38.9 cm³/mol. The zero-order chi connectivity index (χ0) is 7.56. The number of hydrogen-bond acceptors (Lipinski definition) is 6. The molecule has 0 fully saturated rings. The Hall–Kier alpha value is -1.63. The number of rotatable bonds is 1. The minimum absolute atomic E-state index is 0. The highest BCUT2D eigenvalue weighted by atomic mass is 16.0. The molecule has 0 amide bonds. The fourth-order valence-electron chi connectivity index (χ4n) is 0.521. The Morgan fingerprint density at radius 2 is 1.55 bits per heavy atom. The largest absolute Gasteiger partial charge is 0.368 e. The highest BCUT2D eigenvalue weighted by Gasteiger charge is 1.96.